The van der Waals surface area contributed by atoms with Gasteiger partial charge in [0.05, 0.1) is 19.6 Å². The molecule has 2 aliphatic heterocycles. The summed E-state index contributed by atoms with van der Waals surface area (Å²) in [6.07, 6.45) is 3.09. The first-order valence-electron chi connectivity index (χ1n) is 10.5. The van der Waals surface area contributed by atoms with Crippen molar-refractivity contribution in [2.75, 3.05) is 33.9 Å². The number of hydrogen-bond donors (Lipinski definition) is 0. The van der Waals surface area contributed by atoms with Crippen LogP contribution in [0.4, 0.5) is 0 Å². The zero-order chi connectivity index (χ0) is 21.2. The lowest BCUT2D eigenvalue weighted by atomic mass is 9.78. The number of piperidine rings is 1. The molecule has 2 aliphatic rings. The Bertz CT molecular complexity index is 771. The van der Waals surface area contributed by atoms with Gasteiger partial charge in [-0.25, -0.2) is 0 Å². The molecular weight excluding hydrogens is 368 g/mol. The third-order valence-corrected chi connectivity index (χ3v) is 6.06. The molecule has 1 aromatic rings. The van der Waals surface area contributed by atoms with Crippen LogP contribution in [0.5, 0.6) is 11.5 Å². The van der Waals surface area contributed by atoms with Crippen molar-refractivity contribution >= 4 is 11.8 Å². The van der Waals surface area contributed by atoms with Crippen LogP contribution in [-0.2, 0) is 16.1 Å². The molecule has 29 heavy (non-hydrogen) atoms. The summed E-state index contributed by atoms with van der Waals surface area (Å²) in [5.41, 5.74) is 0.465. The number of benzene rings is 1. The predicted molar refractivity (Wildman–Crippen MR) is 112 cm³/mol. The van der Waals surface area contributed by atoms with Gasteiger partial charge in [0.2, 0.25) is 11.8 Å². The highest BCUT2D eigenvalue weighted by Crippen LogP contribution is 2.42. The topological polar surface area (TPSA) is 59.1 Å². The summed E-state index contributed by atoms with van der Waals surface area (Å²) in [7, 11) is 3.24. The lowest BCUT2D eigenvalue weighted by Gasteiger charge is -2.39. The van der Waals surface area contributed by atoms with E-state index in [4.69, 9.17) is 9.47 Å². The Morgan fingerprint density at radius 2 is 1.90 bits per heavy atom. The van der Waals surface area contributed by atoms with Crippen molar-refractivity contribution in [2.45, 2.75) is 53.0 Å². The van der Waals surface area contributed by atoms with E-state index in [2.05, 4.69) is 20.8 Å². The van der Waals surface area contributed by atoms with Gasteiger partial charge in [-0.1, -0.05) is 32.9 Å². The van der Waals surface area contributed by atoms with E-state index in [0.717, 1.165) is 31.4 Å². The number of likely N-dealkylation sites (tertiary alicyclic amines) is 2. The first kappa shape index (κ1) is 21.5. The Labute approximate surface area is 174 Å². The molecule has 2 saturated heterocycles. The Morgan fingerprint density at radius 1 is 1.14 bits per heavy atom. The summed E-state index contributed by atoms with van der Waals surface area (Å²) in [5.74, 6) is 1.67. The maximum absolute atomic E-state index is 13.5. The smallest absolute Gasteiger partial charge is 0.230 e. The van der Waals surface area contributed by atoms with Gasteiger partial charge in [0.15, 0.2) is 11.5 Å². The second-order valence-corrected chi connectivity index (χ2v) is 9.57. The first-order chi connectivity index (χ1) is 13.7. The predicted octanol–water partition coefficient (Wildman–Crippen LogP) is 3.48. The number of carbonyl (C=O) groups is 2. The van der Waals surface area contributed by atoms with Crippen molar-refractivity contribution in [3.8, 4) is 11.5 Å². The summed E-state index contributed by atoms with van der Waals surface area (Å²) in [5, 5.41) is 0. The van der Waals surface area contributed by atoms with Crippen molar-refractivity contribution in [2.24, 2.45) is 10.8 Å². The molecule has 0 saturated carbocycles. The van der Waals surface area contributed by atoms with E-state index in [-0.39, 0.29) is 17.2 Å². The van der Waals surface area contributed by atoms with E-state index >= 15 is 0 Å². The largest absolute Gasteiger partial charge is 0.493 e. The summed E-state index contributed by atoms with van der Waals surface area (Å²) in [6.45, 7) is 8.68. The van der Waals surface area contributed by atoms with Crippen molar-refractivity contribution in [3.05, 3.63) is 23.8 Å². The minimum absolute atomic E-state index is 0.0433. The highest BCUT2D eigenvalue weighted by atomic mass is 16.5. The normalized spacial score (nSPS) is 22.3. The lowest BCUT2D eigenvalue weighted by molar-refractivity contribution is -0.147. The van der Waals surface area contributed by atoms with Crippen LogP contribution >= 0.6 is 0 Å². The van der Waals surface area contributed by atoms with Gasteiger partial charge in [-0.05, 0) is 30.7 Å². The molecular formula is C23H34N2O4. The molecule has 0 bridgehead atoms. The molecule has 3 rings (SSSR count). The molecule has 0 aliphatic carbocycles. The SMILES string of the molecule is COc1cccc(CN2CCCC3(CCN(C(=O)CC(C)(C)C)C3)C2=O)c1OC. The molecule has 160 valence electrons. The molecule has 0 N–H and O–H groups in total. The van der Waals surface area contributed by atoms with Crippen LogP contribution in [-0.4, -0.2) is 55.5 Å². The third-order valence-electron chi connectivity index (χ3n) is 6.06. The molecule has 1 unspecified atom stereocenters. The van der Waals surface area contributed by atoms with E-state index in [9.17, 15) is 9.59 Å². The second kappa shape index (κ2) is 8.25. The van der Waals surface area contributed by atoms with Crippen LogP contribution in [0.3, 0.4) is 0 Å². The number of amides is 2. The zero-order valence-corrected chi connectivity index (χ0v) is 18.4. The molecule has 2 fully saturated rings. The number of rotatable bonds is 5. The molecule has 1 atom stereocenters. The van der Waals surface area contributed by atoms with Crippen LogP contribution in [0.1, 0.15) is 52.0 Å². The summed E-state index contributed by atoms with van der Waals surface area (Å²) < 4.78 is 10.9. The molecule has 6 heteroatoms. The van der Waals surface area contributed by atoms with Gasteiger partial charge < -0.3 is 19.3 Å². The number of carbonyl (C=O) groups excluding carboxylic acids is 2. The Kier molecular flexibility index (Phi) is 6.11. The fourth-order valence-electron chi connectivity index (χ4n) is 4.62. The zero-order valence-electron chi connectivity index (χ0n) is 18.4. The Hall–Kier alpha value is -2.24. The van der Waals surface area contributed by atoms with E-state index in [1.165, 1.54) is 0 Å². The molecule has 0 radical (unpaired) electrons. The molecule has 6 nitrogen and oxygen atoms in total. The van der Waals surface area contributed by atoms with Crippen LogP contribution in [0.15, 0.2) is 18.2 Å². The van der Waals surface area contributed by atoms with Crippen LogP contribution in [0.2, 0.25) is 0 Å². The average Bonchev–Trinajstić information content (AvgIpc) is 3.09. The van der Waals surface area contributed by atoms with Crippen molar-refractivity contribution in [1.29, 1.82) is 0 Å². The van der Waals surface area contributed by atoms with Crippen molar-refractivity contribution in [3.63, 3.8) is 0 Å². The number of methoxy groups -OCH3 is 2. The average molecular weight is 403 g/mol. The highest BCUT2D eigenvalue weighted by molar-refractivity contribution is 5.86. The molecule has 1 spiro atoms. The van der Waals surface area contributed by atoms with E-state index in [1.54, 1.807) is 14.2 Å². The van der Waals surface area contributed by atoms with Gasteiger partial charge in [0.25, 0.3) is 0 Å². The van der Waals surface area contributed by atoms with Crippen LogP contribution < -0.4 is 9.47 Å². The molecule has 2 heterocycles. The fraction of sp³-hybridized carbons (Fsp3) is 0.652. The van der Waals surface area contributed by atoms with Gasteiger partial charge in [0, 0.05) is 38.2 Å². The molecule has 0 aromatic heterocycles. The molecule has 2 amide bonds. The van der Waals surface area contributed by atoms with Crippen LogP contribution in [0, 0.1) is 10.8 Å². The third kappa shape index (κ3) is 4.51. The highest BCUT2D eigenvalue weighted by Gasteiger charge is 2.49. The second-order valence-electron chi connectivity index (χ2n) is 9.57. The van der Waals surface area contributed by atoms with Crippen molar-refractivity contribution < 1.29 is 19.1 Å². The van der Waals surface area contributed by atoms with E-state index in [1.807, 2.05) is 28.0 Å². The van der Waals surface area contributed by atoms with Crippen molar-refractivity contribution in [1.82, 2.24) is 9.80 Å². The number of hydrogen-bond acceptors (Lipinski definition) is 4. The first-order valence-corrected chi connectivity index (χ1v) is 10.5. The van der Waals surface area contributed by atoms with E-state index < -0.39 is 5.41 Å². The minimum Gasteiger partial charge on any atom is -0.493 e. The summed E-state index contributed by atoms with van der Waals surface area (Å²) >= 11 is 0. The van der Waals surface area contributed by atoms with Gasteiger partial charge >= 0.3 is 0 Å². The van der Waals surface area contributed by atoms with Gasteiger partial charge in [-0.3, -0.25) is 9.59 Å². The Balaban J connectivity index is 1.74. The minimum atomic E-state index is -0.433. The van der Waals surface area contributed by atoms with Gasteiger partial charge in [-0.15, -0.1) is 0 Å². The van der Waals surface area contributed by atoms with E-state index in [0.29, 0.717) is 37.6 Å². The Morgan fingerprint density at radius 3 is 2.55 bits per heavy atom. The maximum Gasteiger partial charge on any atom is 0.230 e. The number of nitrogens with zero attached hydrogens (tertiary/aromatic N) is 2. The standard InChI is InChI=1S/C23H34N2O4/c1-22(2,3)14-19(26)25-13-11-23(16-25)10-7-12-24(21(23)27)15-17-8-6-9-18(28-4)20(17)29-5/h6,8-9H,7,10-16H2,1-5H3. The monoisotopic (exact) mass is 402 g/mol. The summed E-state index contributed by atoms with van der Waals surface area (Å²) in [6, 6.07) is 5.75. The summed E-state index contributed by atoms with van der Waals surface area (Å²) in [4.78, 5) is 30.0. The van der Waals surface area contributed by atoms with Gasteiger partial charge in [0.1, 0.15) is 0 Å². The maximum atomic E-state index is 13.5. The number of para-hydroxylation sites is 1. The van der Waals surface area contributed by atoms with Gasteiger partial charge in [-0.2, -0.15) is 0 Å². The molecule has 1 aromatic carbocycles. The fourth-order valence-corrected chi connectivity index (χ4v) is 4.62. The lowest BCUT2D eigenvalue weighted by Crippen LogP contribution is -2.50. The quantitative estimate of drug-likeness (QED) is 0.757. The van der Waals surface area contributed by atoms with Crippen LogP contribution in [0.25, 0.3) is 0 Å². The number of ether oxygens (including phenoxy) is 2.